The molecule has 5 heteroatoms. The van der Waals surface area contributed by atoms with Gasteiger partial charge in [0.25, 0.3) is 0 Å². The number of hydrogen-bond acceptors (Lipinski definition) is 5. The lowest BCUT2D eigenvalue weighted by atomic mass is 9.91. The van der Waals surface area contributed by atoms with Crippen LogP contribution in [-0.2, 0) is 19.0 Å². The largest absolute Gasteiger partial charge is 0.469 e. The van der Waals surface area contributed by atoms with Gasteiger partial charge < -0.3 is 19.3 Å². The summed E-state index contributed by atoms with van der Waals surface area (Å²) in [6, 6.07) is 0. The van der Waals surface area contributed by atoms with Crippen molar-refractivity contribution in [2.24, 2.45) is 17.8 Å². The molecule has 0 bridgehead atoms. The van der Waals surface area contributed by atoms with Gasteiger partial charge in [-0.25, -0.2) is 0 Å². The number of unbranched alkanes of at least 4 members (excludes halogenated alkanes) is 1. The third-order valence-electron chi connectivity index (χ3n) is 5.51. The minimum atomic E-state index is -0.139. The number of fused-ring (bicyclic) bond motifs is 1. The molecule has 2 saturated carbocycles. The molecule has 0 aliphatic heterocycles. The van der Waals surface area contributed by atoms with Gasteiger partial charge in [-0.15, -0.1) is 0 Å². The molecule has 0 aromatic carbocycles. The van der Waals surface area contributed by atoms with Crippen molar-refractivity contribution in [3.8, 4) is 0 Å². The van der Waals surface area contributed by atoms with Crippen LogP contribution in [0.5, 0.6) is 0 Å². The lowest BCUT2D eigenvalue weighted by Crippen LogP contribution is -2.30. The number of allylic oxidation sites excluding steroid dienone is 2. The summed E-state index contributed by atoms with van der Waals surface area (Å²) < 4.78 is 16.0. The number of carbonyl (C=O) groups excluding carboxylic acids is 1. The van der Waals surface area contributed by atoms with Crippen LogP contribution in [0.4, 0.5) is 0 Å². The van der Waals surface area contributed by atoms with E-state index in [1.807, 2.05) is 6.92 Å². The third kappa shape index (κ3) is 4.80. The number of methoxy groups -OCH3 is 2. The SMILES string of the molecule is COCC(C)OC1CC2C(=CCCCC(=O)OC)CCC2C1CO. The monoisotopic (exact) mass is 340 g/mol. The lowest BCUT2D eigenvalue weighted by molar-refractivity contribution is -0.140. The molecule has 2 fully saturated rings. The van der Waals surface area contributed by atoms with Crippen LogP contribution in [0.2, 0.25) is 0 Å². The van der Waals surface area contributed by atoms with E-state index in [0.29, 0.717) is 24.9 Å². The molecule has 0 aromatic heterocycles. The van der Waals surface area contributed by atoms with Gasteiger partial charge in [-0.05, 0) is 50.9 Å². The Balaban J connectivity index is 1.89. The standard InChI is InChI=1S/C19H32O5/c1-13(12-22-2)24-18-10-16-14(6-4-5-7-19(21)23-3)8-9-15(16)17(18)11-20/h6,13,15-18,20H,4-5,7-12H2,1-3H3. The Morgan fingerprint density at radius 3 is 2.88 bits per heavy atom. The van der Waals surface area contributed by atoms with Crippen LogP contribution in [0.15, 0.2) is 11.6 Å². The van der Waals surface area contributed by atoms with Crippen molar-refractivity contribution in [3.05, 3.63) is 11.6 Å². The van der Waals surface area contributed by atoms with Crippen LogP contribution in [0.3, 0.4) is 0 Å². The van der Waals surface area contributed by atoms with Gasteiger partial charge in [0.15, 0.2) is 0 Å². The highest BCUT2D eigenvalue weighted by molar-refractivity contribution is 5.69. The second-order valence-electron chi connectivity index (χ2n) is 7.08. The Kier molecular flexibility index (Phi) is 7.72. The second kappa shape index (κ2) is 9.54. The summed E-state index contributed by atoms with van der Waals surface area (Å²) in [4.78, 5) is 11.2. The Morgan fingerprint density at radius 1 is 1.42 bits per heavy atom. The highest BCUT2D eigenvalue weighted by Gasteiger charge is 2.47. The molecule has 2 rings (SSSR count). The smallest absolute Gasteiger partial charge is 0.305 e. The normalized spacial score (nSPS) is 32.1. The van der Waals surface area contributed by atoms with Gasteiger partial charge >= 0.3 is 5.97 Å². The predicted octanol–water partition coefficient (Wildman–Crippen LogP) is 2.71. The third-order valence-corrected chi connectivity index (χ3v) is 5.51. The number of ether oxygens (including phenoxy) is 3. The van der Waals surface area contributed by atoms with Crippen molar-refractivity contribution in [1.82, 2.24) is 0 Å². The Labute approximate surface area is 145 Å². The zero-order valence-corrected chi connectivity index (χ0v) is 15.2. The maximum Gasteiger partial charge on any atom is 0.305 e. The summed E-state index contributed by atoms with van der Waals surface area (Å²) in [6.07, 6.45) is 7.96. The Morgan fingerprint density at radius 2 is 2.21 bits per heavy atom. The zero-order chi connectivity index (χ0) is 17.5. The molecular weight excluding hydrogens is 308 g/mol. The number of rotatable bonds is 9. The molecule has 1 N–H and O–H groups in total. The first-order chi connectivity index (χ1) is 11.6. The number of aliphatic hydroxyl groups is 1. The van der Waals surface area contributed by atoms with Gasteiger partial charge in [0.1, 0.15) is 0 Å². The molecule has 0 amide bonds. The number of hydrogen-bond donors (Lipinski definition) is 1. The Hall–Kier alpha value is -0.910. The fourth-order valence-electron chi connectivity index (χ4n) is 4.41. The molecule has 5 unspecified atom stereocenters. The van der Waals surface area contributed by atoms with E-state index in [1.165, 1.54) is 12.7 Å². The molecule has 0 saturated heterocycles. The first-order valence-corrected chi connectivity index (χ1v) is 9.11. The molecule has 0 heterocycles. The van der Waals surface area contributed by atoms with Crippen LogP contribution in [0, 0.1) is 17.8 Å². The highest BCUT2D eigenvalue weighted by atomic mass is 16.5. The summed E-state index contributed by atoms with van der Waals surface area (Å²) in [5, 5.41) is 9.83. The molecular formula is C19H32O5. The lowest BCUT2D eigenvalue weighted by Gasteiger charge is -2.25. The quantitative estimate of drug-likeness (QED) is 0.397. The van der Waals surface area contributed by atoms with E-state index < -0.39 is 0 Å². The summed E-state index contributed by atoms with van der Waals surface area (Å²) in [6.45, 7) is 2.80. The van der Waals surface area contributed by atoms with Crippen molar-refractivity contribution in [2.45, 2.75) is 57.7 Å². The van der Waals surface area contributed by atoms with E-state index in [0.717, 1.165) is 32.1 Å². The molecule has 0 radical (unpaired) electrons. The molecule has 5 atom stereocenters. The maximum absolute atomic E-state index is 11.2. The van der Waals surface area contributed by atoms with Crippen LogP contribution >= 0.6 is 0 Å². The van der Waals surface area contributed by atoms with E-state index in [2.05, 4.69) is 10.8 Å². The number of esters is 1. The van der Waals surface area contributed by atoms with E-state index in [9.17, 15) is 9.90 Å². The van der Waals surface area contributed by atoms with E-state index >= 15 is 0 Å². The molecule has 2 aliphatic carbocycles. The van der Waals surface area contributed by atoms with Crippen molar-refractivity contribution >= 4 is 5.97 Å². The van der Waals surface area contributed by atoms with Gasteiger partial charge in [0.2, 0.25) is 0 Å². The van der Waals surface area contributed by atoms with Crippen LogP contribution in [0.25, 0.3) is 0 Å². The molecule has 0 spiro atoms. The molecule has 5 nitrogen and oxygen atoms in total. The first kappa shape index (κ1) is 19.4. The topological polar surface area (TPSA) is 65.0 Å². The minimum absolute atomic E-state index is 0.0559. The first-order valence-electron chi connectivity index (χ1n) is 9.11. The Bertz CT molecular complexity index is 433. The maximum atomic E-state index is 11.2. The molecule has 138 valence electrons. The number of carbonyl (C=O) groups is 1. The van der Waals surface area contributed by atoms with Crippen molar-refractivity contribution in [2.75, 3.05) is 27.4 Å². The van der Waals surface area contributed by atoms with Gasteiger partial charge in [-0.1, -0.05) is 11.6 Å². The van der Waals surface area contributed by atoms with E-state index in [4.69, 9.17) is 9.47 Å². The average molecular weight is 340 g/mol. The summed E-state index contributed by atoms with van der Waals surface area (Å²) >= 11 is 0. The summed E-state index contributed by atoms with van der Waals surface area (Å²) in [5.74, 6) is 1.15. The van der Waals surface area contributed by atoms with Gasteiger partial charge in [0, 0.05) is 26.1 Å². The summed E-state index contributed by atoms with van der Waals surface area (Å²) in [5.41, 5.74) is 1.49. The van der Waals surface area contributed by atoms with Crippen molar-refractivity contribution in [3.63, 3.8) is 0 Å². The minimum Gasteiger partial charge on any atom is -0.469 e. The zero-order valence-electron chi connectivity index (χ0n) is 15.2. The number of aliphatic hydroxyl groups excluding tert-OH is 1. The fourth-order valence-corrected chi connectivity index (χ4v) is 4.41. The summed E-state index contributed by atoms with van der Waals surface area (Å²) in [7, 11) is 3.11. The molecule has 0 aromatic rings. The fraction of sp³-hybridized carbons (Fsp3) is 0.842. The average Bonchev–Trinajstić information content (AvgIpc) is 3.10. The van der Waals surface area contributed by atoms with E-state index in [-0.39, 0.29) is 30.7 Å². The molecule has 24 heavy (non-hydrogen) atoms. The highest BCUT2D eigenvalue weighted by Crippen LogP contribution is 2.51. The van der Waals surface area contributed by atoms with Crippen LogP contribution in [-0.4, -0.2) is 50.7 Å². The second-order valence-corrected chi connectivity index (χ2v) is 7.08. The van der Waals surface area contributed by atoms with Gasteiger partial charge in [0.05, 0.1) is 25.9 Å². The van der Waals surface area contributed by atoms with Crippen LogP contribution < -0.4 is 0 Å². The van der Waals surface area contributed by atoms with Gasteiger partial charge in [-0.2, -0.15) is 0 Å². The predicted molar refractivity (Wildman–Crippen MR) is 91.6 cm³/mol. The van der Waals surface area contributed by atoms with Crippen LogP contribution in [0.1, 0.15) is 45.4 Å². The van der Waals surface area contributed by atoms with Crippen molar-refractivity contribution < 1.29 is 24.1 Å². The molecule has 2 aliphatic rings. The van der Waals surface area contributed by atoms with E-state index in [1.54, 1.807) is 7.11 Å². The van der Waals surface area contributed by atoms with Crippen molar-refractivity contribution in [1.29, 1.82) is 0 Å². The van der Waals surface area contributed by atoms with Gasteiger partial charge in [-0.3, -0.25) is 4.79 Å².